The first kappa shape index (κ1) is 15.5. The second-order valence-corrected chi connectivity index (χ2v) is 7.12. The summed E-state index contributed by atoms with van der Waals surface area (Å²) in [6, 6.07) is 9.66. The van der Waals surface area contributed by atoms with Gasteiger partial charge in [0.1, 0.15) is 6.61 Å². The van der Waals surface area contributed by atoms with Gasteiger partial charge in [0.05, 0.1) is 24.2 Å². The van der Waals surface area contributed by atoms with Gasteiger partial charge < -0.3 is 14.6 Å². The molecule has 1 aromatic carbocycles. The Morgan fingerprint density at radius 2 is 2.09 bits per heavy atom. The zero-order valence-electron chi connectivity index (χ0n) is 13.2. The molecule has 0 bridgehead atoms. The van der Waals surface area contributed by atoms with E-state index in [-0.39, 0.29) is 35.6 Å². The van der Waals surface area contributed by atoms with Gasteiger partial charge in [0, 0.05) is 5.92 Å². The smallest absolute Gasteiger partial charge is 0.306 e. The van der Waals surface area contributed by atoms with Crippen LogP contribution in [0.15, 0.2) is 30.3 Å². The number of carbonyl (C=O) groups excluding carboxylic acids is 1. The number of hydrogen-bond donors (Lipinski definition) is 1. The molecule has 4 atom stereocenters. The van der Waals surface area contributed by atoms with Crippen LogP contribution in [0.1, 0.15) is 38.7 Å². The van der Waals surface area contributed by atoms with Crippen LogP contribution in [0.4, 0.5) is 0 Å². The zero-order valence-corrected chi connectivity index (χ0v) is 13.2. The van der Waals surface area contributed by atoms with Crippen LogP contribution in [-0.2, 0) is 20.9 Å². The fourth-order valence-electron chi connectivity index (χ4n) is 3.82. The van der Waals surface area contributed by atoms with Crippen molar-refractivity contribution in [1.29, 1.82) is 0 Å². The maximum Gasteiger partial charge on any atom is 0.306 e. The fourth-order valence-corrected chi connectivity index (χ4v) is 3.82. The van der Waals surface area contributed by atoms with Crippen molar-refractivity contribution in [3.63, 3.8) is 0 Å². The number of carbonyl (C=O) groups is 1. The molecule has 2 fully saturated rings. The SMILES string of the molecule is CC1(C)C[C@H]2[C@@H](O1)[C@H](CC(=O)OCc1ccccc1)C[C@@H]2O. The van der Waals surface area contributed by atoms with Crippen LogP contribution >= 0.6 is 0 Å². The lowest BCUT2D eigenvalue weighted by Crippen LogP contribution is -2.26. The Balaban J connectivity index is 1.53. The van der Waals surface area contributed by atoms with Gasteiger partial charge >= 0.3 is 5.97 Å². The molecule has 4 nitrogen and oxygen atoms in total. The highest BCUT2D eigenvalue weighted by Crippen LogP contribution is 2.47. The van der Waals surface area contributed by atoms with Crippen molar-refractivity contribution in [3.05, 3.63) is 35.9 Å². The van der Waals surface area contributed by atoms with E-state index < -0.39 is 0 Å². The van der Waals surface area contributed by atoms with Gasteiger partial charge in [-0.25, -0.2) is 0 Å². The molecule has 2 aliphatic rings. The Kier molecular flexibility index (Phi) is 4.24. The number of ether oxygens (including phenoxy) is 2. The summed E-state index contributed by atoms with van der Waals surface area (Å²) in [6.45, 7) is 4.39. The molecule has 0 radical (unpaired) electrons. The Morgan fingerprint density at radius 1 is 1.36 bits per heavy atom. The molecule has 1 N–H and O–H groups in total. The van der Waals surface area contributed by atoms with Gasteiger partial charge in [-0.2, -0.15) is 0 Å². The predicted molar refractivity (Wildman–Crippen MR) is 82.0 cm³/mol. The van der Waals surface area contributed by atoms with E-state index in [9.17, 15) is 9.90 Å². The highest BCUT2D eigenvalue weighted by atomic mass is 16.5. The number of rotatable bonds is 4. The first-order valence-electron chi connectivity index (χ1n) is 8.00. The van der Waals surface area contributed by atoms with Crippen molar-refractivity contribution >= 4 is 5.97 Å². The minimum atomic E-state index is -0.362. The van der Waals surface area contributed by atoms with Crippen LogP contribution in [0.25, 0.3) is 0 Å². The molecule has 0 amide bonds. The molecule has 3 rings (SSSR count). The molecular weight excluding hydrogens is 280 g/mol. The van der Waals surface area contributed by atoms with Crippen LogP contribution in [0.2, 0.25) is 0 Å². The van der Waals surface area contributed by atoms with E-state index in [2.05, 4.69) is 0 Å². The van der Waals surface area contributed by atoms with Crippen LogP contribution < -0.4 is 0 Å². The minimum absolute atomic E-state index is 0.0192. The van der Waals surface area contributed by atoms with E-state index in [0.29, 0.717) is 19.4 Å². The molecule has 22 heavy (non-hydrogen) atoms. The normalized spacial score (nSPS) is 32.7. The Bertz CT molecular complexity index is 525. The second kappa shape index (κ2) is 6.01. The van der Waals surface area contributed by atoms with Gasteiger partial charge in [-0.1, -0.05) is 30.3 Å². The highest BCUT2D eigenvalue weighted by molar-refractivity contribution is 5.69. The average molecular weight is 304 g/mol. The fraction of sp³-hybridized carbons (Fsp3) is 0.611. The van der Waals surface area contributed by atoms with Crippen molar-refractivity contribution in [2.45, 2.75) is 57.5 Å². The molecule has 0 spiro atoms. The van der Waals surface area contributed by atoms with Crippen molar-refractivity contribution in [3.8, 4) is 0 Å². The molecule has 0 unspecified atom stereocenters. The lowest BCUT2D eigenvalue weighted by atomic mass is 9.93. The largest absolute Gasteiger partial charge is 0.461 e. The summed E-state index contributed by atoms with van der Waals surface area (Å²) >= 11 is 0. The topological polar surface area (TPSA) is 55.8 Å². The first-order chi connectivity index (χ1) is 10.4. The molecule has 1 saturated carbocycles. The highest BCUT2D eigenvalue weighted by Gasteiger charge is 2.52. The zero-order chi connectivity index (χ0) is 15.7. The van der Waals surface area contributed by atoms with E-state index in [0.717, 1.165) is 12.0 Å². The molecule has 1 heterocycles. The van der Waals surface area contributed by atoms with Crippen LogP contribution in [0, 0.1) is 11.8 Å². The summed E-state index contributed by atoms with van der Waals surface area (Å²) in [6.07, 6.45) is 1.43. The van der Waals surface area contributed by atoms with Crippen LogP contribution in [-0.4, -0.2) is 28.9 Å². The van der Waals surface area contributed by atoms with Gasteiger partial charge in [-0.3, -0.25) is 4.79 Å². The van der Waals surface area contributed by atoms with Gasteiger partial charge in [0.25, 0.3) is 0 Å². The van der Waals surface area contributed by atoms with Crippen LogP contribution in [0.5, 0.6) is 0 Å². The molecular formula is C18H24O4. The lowest BCUT2D eigenvalue weighted by molar-refractivity contribution is -0.147. The molecule has 0 aromatic heterocycles. The molecule has 4 heteroatoms. The number of benzene rings is 1. The second-order valence-electron chi connectivity index (χ2n) is 7.12. The number of aliphatic hydroxyl groups is 1. The molecule has 120 valence electrons. The van der Waals surface area contributed by atoms with Gasteiger partial charge in [0.2, 0.25) is 0 Å². The first-order valence-corrected chi connectivity index (χ1v) is 8.00. The summed E-state index contributed by atoms with van der Waals surface area (Å²) in [5, 5.41) is 10.2. The van der Waals surface area contributed by atoms with Gasteiger partial charge in [-0.15, -0.1) is 0 Å². The Hall–Kier alpha value is -1.39. The maximum absolute atomic E-state index is 12.1. The minimum Gasteiger partial charge on any atom is -0.461 e. The van der Waals surface area contributed by atoms with Gasteiger partial charge in [0.15, 0.2) is 0 Å². The standard InChI is InChI=1S/C18H24O4/c1-18(2)10-14-15(19)8-13(17(14)22-18)9-16(20)21-11-12-6-4-3-5-7-12/h3-7,13-15,17,19H,8-11H2,1-2H3/t13-,14+,15-,17-/m0/s1. The lowest BCUT2D eigenvalue weighted by Gasteiger charge is -2.23. The van der Waals surface area contributed by atoms with Crippen molar-refractivity contribution in [2.75, 3.05) is 0 Å². The number of esters is 1. The van der Waals surface area contributed by atoms with Crippen molar-refractivity contribution in [1.82, 2.24) is 0 Å². The third kappa shape index (κ3) is 3.33. The maximum atomic E-state index is 12.1. The quantitative estimate of drug-likeness (QED) is 0.869. The molecule has 1 aromatic rings. The predicted octanol–water partition coefficient (Wildman–Crippen LogP) is 2.68. The molecule has 1 aliphatic carbocycles. The summed E-state index contributed by atoms with van der Waals surface area (Å²) in [5.41, 5.74) is 0.779. The summed E-state index contributed by atoms with van der Waals surface area (Å²) in [4.78, 5) is 12.1. The summed E-state index contributed by atoms with van der Waals surface area (Å²) in [5.74, 6) is 0.00183. The molecule has 1 aliphatic heterocycles. The van der Waals surface area contributed by atoms with E-state index >= 15 is 0 Å². The van der Waals surface area contributed by atoms with E-state index in [4.69, 9.17) is 9.47 Å². The van der Waals surface area contributed by atoms with Crippen molar-refractivity contribution in [2.24, 2.45) is 11.8 Å². The summed E-state index contributed by atoms with van der Waals surface area (Å²) in [7, 11) is 0. The van der Waals surface area contributed by atoms with E-state index in [1.165, 1.54) is 0 Å². The third-order valence-electron chi connectivity index (χ3n) is 4.78. The monoisotopic (exact) mass is 304 g/mol. The Labute approximate surface area is 131 Å². The molecule has 1 saturated heterocycles. The van der Waals surface area contributed by atoms with E-state index in [1.54, 1.807) is 0 Å². The number of aliphatic hydroxyl groups excluding tert-OH is 1. The van der Waals surface area contributed by atoms with Gasteiger partial charge in [-0.05, 0) is 38.2 Å². The average Bonchev–Trinajstić information content (AvgIpc) is 2.93. The third-order valence-corrected chi connectivity index (χ3v) is 4.78. The number of fused-ring (bicyclic) bond motifs is 1. The van der Waals surface area contributed by atoms with E-state index in [1.807, 2.05) is 44.2 Å². The number of hydrogen-bond acceptors (Lipinski definition) is 4. The Morgan fingerprint density at radius 3 is 2.82 bits per heavy atom. The van der Waals surface area contributed by atoms with Crippen molar-refractivity contribution < 1.29 is 19.4 Å². The van der Waals surface area contributed by atoms with Crippen LogP contribution in [0.3, 0.4) is 0 Å². The summed E-state index contributed by atoms with van der Waals surface area (Å²) < 4.78 is 11.4.